The smallest absolute Gasteiger partial charge is 0.271 e. The second-order valence-corrected chi connectivity index (χ2v) is 8.76. The van der Waals surface area contributed by atoms with E-state index in [0.717, 1.165) is 22.2 Å². The summed E-state index contributed by atoms with van der Waals surface area (Å²) in [5.41, 5.74) is 5.13. The summed E-state index contributed by atoms with van der Waals surface area (Å²) >= 11 is 3.56. The Kier molecular flexibility index (Phi) is 10.2. The van der Waals surface area contributed by atoms with Gasteiger partial charge in [-0.1, -0.05) is 44.2 Å². The summed E-state index contributed by atoms with van der Waals surface area (Å²) in [6.45, 7) is 7.54. The summed E-state index contributed by atoms with van der Waals surface area (Å²) in [4.78, 5) is 12.1. The molecule has 1 amide bonds. The van der Waals surface area contributed by atoms with E-state index in [0.29, 0.717) is 42.8 Å². The number of rotatable bonds is 12. The fourth-order valence-electron chi connectivity index (χ4n) is 3.32. The highest BCUT2D eigenvalue weighted by atomic mass is 79.9. The number of hydrogen-bond acceptors (Lipinski definition) is 5. The molecule has 0 aromatic heterocycles. The number of nitrogens with one attached hydrogen (secondary N) is 1. The lowest BCUT2D eigenvalue weighted by Gasteiger charge is -2.15. The molecule has 0 heterocycles. The highest BCUT2D eigenvalue weighted by Gasteiger charge is 2.12. The number of hydrogen-bond donors (Lipinski definition) is 1. The van der Waals surface area contributed by atoms with Crippen LogP contribution in [0.15, 0.2) is 76.3 Å². The highest BCUT2D eigenvalue weighted by Crippen LogP contribution is 2.36. The minimum atomic E-state index is -0.277. The van der Waals surface area contributed by atoms with E-state index in [4.69, 9.17) is 14.2 Å². The van der Waals surface area contributed by atoms with Crippen LogP contribution < -0.4 is 19.6 Å². The Balaban J connectivity index is 1.57. The lowest BCUT2D eigenvalue weighted by molar-refractivity contribution is 0.0955. The highest BCUT2D eigenvalue weighted by molar-refractivity contribution is 9.10. The van der Waals surface area contributed by atoms with Crippen molar-refractivity contribution in [3.63, 3.8) is 0 Å². The van der Waals surface area contributed by atoms with Gasteiger partial charge in [0.2, 0.25) is 0 Å². The van der Waals surface area contributed by atoms with Crippen LogP contribution >= 0.6 is 15.9 Å². The molecule has 7 heteroatoms. The Morgan fingerprint density at radius 2 is 1.71 bits per heavy atom. The largest absolute Gasteiger partial charge is 0.490 e. The molecule has 0 fully saturated rings. The predicted octanol–water partition coefficient (Wildman–Crippen LogP) is 6.58. The van der Waals surface area contributed by atoms with Crippen molar-refractivity contribution in [2.45, 2.75) is 33.1 Å². The number of nitrogens with zero attached hydrogens (tertiary/aromatic N) is 1. The van der Waals surface area contributed by atoms with E-state index in [1.165, 1.54) is 5.56 Å². The van der Waals surface area contributed by atoms with Crippen LogP contribution in [-0.4, -0.2) is 31.9 Å². The molecule has 0 aliphatic heterocycles. The van der Waals surface area contributed by atoms with Crippen molar-refractivity contribution in [1.29, 1.82) is 0 Å². The standard InChI is InChI=1S/C28H31BrN2O4/c1-4-20(3)22-11-13-24(14-12-22)34-15-16-35-27-25(29)17-21(18-26(27)33-5-2)19-30-31-28(32)23-9-7-6-8-10-23/h6-14,17-20H,4-5,15-16H2,1-3H3,(H,31,32)/b30-19-/t20-/m0/s1. The lowest BCUT2D eigenvalue weighted by Crippen LogP contribution is -2.17. The molecule has 0 unspecified atom stereocenters. The molecular formula is C28H31BrN2O4. The van der Waals surface area contributed by atoms with Crippen molar-refractivity contribution in [2.24, 2.45) is 5.10 Å². The number of benzene rings is 3. The summed E-state index contributed by atoms with van der Waals surface area (Å²) < 4.78 is 18.3. The Morgan fingerprint density at radius 3 is 2.40 bits per heavy atom. The van der Waals surface area contributed by atoms with Gasteiger partial charge >= 0.3 is 0 Å². The first kappa shape index (κ1) is 26.3. The van der Waals surface area contributed by atoms with Gasteiger partial charge < -0.3 is 14.2 Å². The first-order valence-corrected chi connectivity index (χ1v) is 12.5. The number of amides is 1. The topological polar surface area (TPSA) is 69.2 Å². The van der Waals surface area contributed by atoms with Crippen molar-refractivity contribution < 1.29 is 19.0 Å². The van der Waals surface area contributed by atoms with Gasteiger partial charge in [-0.3, -0.25) is 4.79 Å². The van der Waals surface area contributed by atoms with Crippen LogP contribution in [0.1, 0.15) is 54.6 Å². The molecule has 3 rings (SSSR count). The molecule has 3 aromatic carbocycles. The minimum Gasteiger partial charge on any atom is -0.490 e. The Labute approximate surface area is 215 Å². The SMILES string of the molecule is CCOc1cc(/C=N\NC(=O)c2ccccc2)cc(Br)c1OCCOc1ccc([C@@H](C)CC)cc1. The molecule has 184 valence electrons. The van der Waals surface area contributed by atoms with Gasteiger partial charge in [-0.25, -0.2) is 5.43 Å². The van der Waals surface area contributed by atoms with Gasteiger partial charge in [0.15, 0.2) is 11.5 Å². The van der Waals surface area contributed by atoms with Crippen LogP contribution in [0.5, 0.6) is 17.2 Å². The predicted molar refractivity (Wildman–Crippen MR) is 143 cm³/mol. The minimum absolute atomic E-state index is 0.277. The van der Waals surface area contributed by atoms with Gasteiger partial charge in [0.25, 0.3) is 5.91 Å². The van der Waals surface area contributed by atoms with E-state index < -0.39 is 0 Å². The summed E-state index contributed by atoms with van der Waals surface area (Å²) in [7, 11) is 0. The molecule has 35 heavy (non-hydrogen) atoms. The third-order valence-electron chi connectivity index (χ3n) is 5.41. The summed E-state index contributed by atoms with van der Waals surface area (Å²) in [5, 5.41) is 4.06. The second kappa shape index (κ2) is 13.5. The molecule has 0 radical (unpaired) electrons. The fraction of sp³-hybridized carbons (Fsp3) is 0.286. The fourth-order valence-corrected chi connectivity index (χ4v) is 3.89. The molecule has 0 saturated carbocycles. The first-order chi connectivity index (χ1) is 17.0. The van der Waals surface area contributed by atoms with Crippen molar-refractivity contribution in [3.05, 3.63) is 87.9 Å². The molecule has 6 nitrogen and oxygen atoms in total. The monoisotopic (exact) mass is 538 g/mol. The van der Waals surface area contributed by atoms with Crippen LogP contribution in [0.25, 0.3) is 0 Å². The third-order valence-corrected chi connectivity index (χ3v) is 6.00. The summed E-state index contributed by atoms with van der Waals surface area (Å²) in [6.07, 6.45) is 2.67. The van der Waals surface area contributed by atoms with E-state index in [9.17, 15) is 4.79 Å². The molecule has 0 aliphatic rings. The molecule has 0 spiro atoms. The third kappa shape index (κ3) is 7.86. The number of hydrazone groups is 1. The number of ether oxygens (including phenoxy) is 3. The van der Waals surface area contributed by atoms with Crippen LogP contribution in [0.3, 0.4) is 0 Å². The molecule has 0 aliphatic carbocycles. The second-order valence-electron chi connectivity index (χ2n) is 7.90. The van der Waals surface area contributed by atoms with Crippen LogP contribution in [0.2, 0.25) is 0 Å². The van der Waals surface area contributed by atoms with Gasteiger partial charge in [-0.15, -0.1) is 0 Å². The first-order valence-electron chi connectivity index (χ1n) is 11.7. The average molecular weight is 539 g/mol. The van der Waals surface area contributed by atoms with Crippen LogP contribution in [-0.2, 0) is 0 Å². The maximum absolute atomic E-state index is 12.1. The molecule has 0 bridgehead atoms. The van der Waals surface area contributed by atoms with Crippen molar-refractivity contribution in [2.75, 3.05) is 19.8 Å². The average Bonchev–Trinajstić information content (AvgIpc) is 2.88. The van der Waals surface area contributed by atoms with E-state index in [-0.39, 0.29) is 5.91 Å². The van der Waals surface area contributed by atoms with Crippen molar-refractivity contribution >= 4 is 28.1 Å². The van der Waals surface area contributed by atoms with Gasteiger partial charge in [0.1, 0.15) is 19.0 Å². The van der Waals surface area contributed by atoms with E-state index in [1.54, 1.807) is 30.5 Å². The zero-order valence-electron chi connectivity index (χ0n) is 20.3. The van der Waals surface area contributed by atoms with E-state index >= 15 is 0 Å². The van der Waals surface area contributed by atoms with Gasteiger partial charge in [-0.05, 0) is 82.7 Å². The normalized spacial score (nSPS) is 11.8. The molecule has 1 atom stereocenters. The van der Waals surface area contributed by atoms with Crippen molar-refractivity contribution in [3.8, 4) is 17.2 Å². The number of halogens is 1. The molecule has 1 N–H and O–H groups in total. The summed E-state index contributed by atoms with van der Waals surface area (Å²) in [5.74, 6) is 2.24. The number of carbonyl (C=O) groups is 1. The maximum Gasteiger partial charge on any atom is 0.271 e. The van der Waals surface area contributed by atoms with E-state index in [2.05, 4.69) is 52.4 Å². The number of carbonyl (C=O) groups excluding carboxylic acids is 1. The maximum atomic E-state index is 12.1. The quantitative estimate of drug-likeness (QED) is 0.160. The summed E-state index contributed by atoms with van der Waals surface area (Å²) in [6, 6.07) is 20.8. The molecular weight excluding hydrogens is 508 g/mol. The van der Waals surface area contributed by atoms with Crippen LogP contribution in [0.4, 0.5) is 0 Å². The van der Waals surface area contributed by atoms with Crippen LogP contribution in [0, 0.1) is 0 Å². The molecule has 3 aromatic rings. The zero-order valence-corrected chi connectivity index (χ0v) is 21.9. The molecule has 0 saturated heterocycles. The lowest BCUT2D eigenvalue weighted by atomic mass is 9.99. The Bertz CT molecular complexity index is 1120. The van der Waals surface area contributed by atoms with Crippen molar-refractivity contribution in [1.82, 2.24) is 5.43 Å². The Hall–Kier alpha value is -3.32. The van der Waals surface area contributed by atoms with Gasteiger partial charge in [0, 0.05) is 5.56 Å². The van der Waals surface area contributed by atoms with E-state index in [1.807, 2.05) is 37.3 Å². The van der Waals surface area contributed by atoms with Gasteiger partial charge in [-0.2, -0.15) is 5.10 Å². The van der Waals surface area contributed by atoms with Gasteiger partial charge in [0.05, 0.1) is 17.3 Å². The Morgan fingerprint density at radius 1 is 1.00 bits per heavy atom. The zero-order chi connectivity index (χ0) is 25.0.